The highest BCUT2D eigenvalue weighted by Crippen LogP contribution is 2.39. The number of aliphatic imine (C=N–C) groups is 3. The molecule has 2 aromatic heterocycles. The Kier molecular flexibility index (Phi) is 7.43. The van der Waals surface area contributed by atoms with Gasteiger partial charge in [0.1, 0.15) is 0 Å². The Labute approximate surface area is 307 Å². The molecule has 5 heteroatoms. The van der Waals surface area contributed by atoms with Crippen LogP contribution in [0, 0.1) is 0 Å². The van der Waals surface area contributed by atoms with Gasteiger partial charge in [0.05, 0.1) is 17.6 Å². The summed E-state index contributed by atoms with van der Waals surface area (Å²) in [5.74, 6) is 1.15. The van der Waals surface area contributed by atoms with Gasteiger partial charge in [0, 0.05) is 49.4 Å². The first-order valence-electron chi connectivity index (χ1n) is 18.1. The van der Waals surface area contributed by atoms with E-state index in [1.807, 2.05) is 48.5 Å². The van der Waals surface area contributed by atoms with Crippen LogP contribution in [-0.2, 0) is 19.4 Å². The second kappa shape index (κ2) is 12.7. The van der Waals surface area contributed by atoms with Gasteiger partial charge in [0.25, 0.3) is 0 Å². The van der Waals surface area contributed by atoms with E-state index in [1.165, 1.54) is 65.9 Å². The zero-order chi connectivity index (χ0) is 35.3. The van der Waals surface area contributed by atoms with Crippen LogP contribution in [0.15, 0.2) is 173 Å². The average Bonchev–Trinajstić information content (AvgIpc) is 3.73. The monoisotopic (exact) mass is 681 g/mol. The predicted molar refractivity (Wildman–Crippen MR) is 221 cm³/mol. The summed E-state index contributed by atoms with van der Waals surface area (Å²) in [5, 5.41) is 5.08. The van der Waals surface area contributed by atoms with Crippen LogP contribution in [0.25, 0.3) is 49.3 Å². The number of aromatic nitrogens is 2. The third-order valence-electron chi connectivity index (χ3n) is 10.6. The Morgan fingerprint density at radius 3 is 2.00 bits per heavy atom. The summed E-state index contributed by atoms with van der Waals surface area (Å²) in [6.07, 6.45) is 1.82. The molecule has 0 atom stereocenters. The number of benzene rings is 7. The maximum absolute atomic E-state index is 5.07. The molecule has 252 valence electrons. The minimum atomic E-state index is 0.497. The normalized spacial score (nSPS) is 13.1. The van der Waals surface area contributed by atoms with E-state index in [0.29, 0.717) is 18.2 Å². The number of amidine groups is 2. The Bertz CT molecular complexity index is 2930. The highest BCUT2D eigenvalue weighted by molar-refractivity contribution is 6.14. The number of aromatic amines is 1. The highest BCUT2D eigenvalue weighted by Gasteiger charge is 2.22. The summed E-state index contributed by atoms with van der Waals surface area (Å²) >= 11 is 0. The van der Waals surface area contributed by atoms with Crippen LogP contribution in [0.5, 0.6) is 0 Å². The van der Waals surface area contributed by atoms with E-state index in [1.54, 1.807) is 0 Å². The fraction of sp³-hybridized carbons (Fsp3) is 0.0625. The minimum Gasteiger partial charge on any atom is -0.355 e. The molecule has 0 bridgehead atoms. The fourth-order valence-electron chi connectivity index (χ4n) is 8.04. The van der Waals surface area contributed by atoms with Gasteiger partial charge in [-0.3, -0.25) is 4.99 Å². The molecule has 1 aliphatic carbocycles. The van der Waals surface area contributed by atoms with Crippen molar-refractivity contribution in [3.8, 4) is 5.69 Å². The predicted octanol–water partition coefficient (Wildman–Crippen LogP) is 11.0. The van der Waals surface area contributed by atoms with Crippen LogP contribution >= 0.6 is 0 Å². The summed E-state index contributed by atoms with van der Waals surface area (Å²) in [6.45, 7) is 4.36. The Morgan fingerprint density at radius 2 is 1.19 bits per heavy atom. The second-order valence-electron chi connectivity index (χ2n) is 13.8. The van der Waals surface area contributed by atoms with Gasteiger partial charge in [-0.15, -0.1) is 0 Å². The Balaban J connectivity index is 1.11. The molecule has 7 aromatic carbocycles. The van der Waals surface area contributed by atoms with Crippen LogP contribution < -0.4 is 0 Å². The molecule has 0 saturated heterocycles. The van der Waals surface area contributed by atoms with Crippen molar-refractivity contribution in [2.24, 2.45) is 15.0 Å². The smallest absolute Gasteiger partial charge is 0.161 e. The summed E-state index contributed by atoms with van der Waals surface area (Å²) in [4.78, 5) is 18.1. The summed E-state index contributed by atoms with van der Waals surface area (Å²) in [6, 6.07) is 55.8. The number of para-hydroxylation sites is 2. The van der Waals surface area contributed by atoms with Gasteiger partial charge in [-0.2, -0.15) is 0 Å². The van der Waals surface area contributed by atoms with Gasteiger partial charge in [-0.05, 0) is 95.9 Å². The van der Waals surface area contributed by atoms with Crippen LogP contribution in [-0.4, -0.2) is 27.9 Å². The lowest BCUT2D eigenvalue weighted by atomic mass is 9.84. The molecule has 0 fully saturated rings. The topological polar surface area (TPSA) is 57.8 Å². The zero-order valence-corrected chi connectivity index (χ0v) is 29.1. The zero-order valence-electron chi connectivity index (χ0n) is 29.1. The third kappa shape index (κ3) is 5.45. The van der Waals surface area contributed by atoms with Crippen molar-refractivity contribution in [1.82, 2.24) is 9.55 Å². The number of nitrogens with one attached hydrogen (secondary N) is 1. The third-order valence-corrected chi connectivity index (χ3v) is 10.6. The molecule has 53 heavy (non-hydrogen) atoms. The van der Waals surface area contributed by atoms with Crippen molar-refractivity contribution in [3.05, 3.63) is 197 Å². The maximum Gasteiger partial charge on any atom is 0.161 e. The van der Waals surface area contributed by atoms with Gasteiger partial charge in [0.2, 0.25) is 0 Å². The first kappa shape index (κ1) is 30.9. The lowest BCUT2D eigenvalue weighted by molar-refractivity contribution is 1.01. The van der Waals surface area contributed by atoms with Crippen molar-refractivity contribution in [2.45, 2.75) is 19.4 Å². The number of fused-ring (bicyclic) bond motifs is 8. The van der Waals surface area contributed by atoms with Crippen LogP contribution in [0.2, 0.25) is 0 Å². The lowest BCUT2D eigenvalue weighted by Crippen LogP contribution is -2.08. The van der Waals surface area contributed by atoms with Gasteiger partial charge >= 0.3 is 0 Å². The Hall–Kier alpha value is -6.85. The number of rotatable bonds is 5. The van der Waals surface area contributed by atoms with E-state index in [4.69, 9.17) is 9.98 Å². The highest BCUT2D eigenvalue weighted by atomic mass is 15.0. The largest absolute Gasteiger partial charge is 0.355 e. The second-order valence-corrected chi connectivity index (χ2v) is 13.8. The van der Waals surface area contributed by atoms with Gasteiger partial charge < -0.3 is 9.55 Å². The molecule has 5 nitrogen and oxygen atoms in total. The minimum absolute atomic E-state index is 0.497. The van der Waals surface area contributed by atoms with Gasteiger partial charge in [-0.1, -0.05) is 109 Å². The molecular weight excluding hydrogens is 647 g/mol. The summed E-state index contributed by atoms with van der Waals surface area (Å²) in [7, 11) is 0. The number of nitrogens with zero attached hydrogens (tertiary/aromatic N) is 4. The lowest BCUT2D eigenvalue weighted by Gasteiger charge is -2.21. The van der Waals surface area contributed by atoms with Gasteiger partial charge in [0.15, 0.2) is 11.7 Å². The molecule has 0 aliphatic heterocycles. The molecule has 0 radical (unpaired) electrons. The van der Waals surface area contributed by atoms with E-state index >= 15 is 0 Å². The van der Waals surface area contributed by atoms with E-state index in [2.05, 4.69) is 130 Å². The quantitative estimate of drug-likeness (QED) is 0.139. The first-order valence-corrected chi connectivity index (χ1v) is 18.1. The van der Waals surface area contributed by atoms with Crippen molar-refractivity contribution < 1.29 is 0 Å². The molecular formula is C48H35N5. The van der Waals surface area contributed by atoms with Crippen molar-refractivity contribution >= 4 is 62.0 Å². The maximum atomic E-state index is 5.07. The first-order chi connectivity index (χ1) is 26.2. The Morgan fingerprint density at radius 1 is 0.528 bits per heavy atom. The average molecular weight is 682 g/mol. The van der Waals surface area contributed by atoms with Crippen LogP contribution in [0.4, 0.5) is 0 Å². The standard InChI is InChI=1S/C48H35N5/c1-49-47(32-15-6-3-7-16-32)52-48(50-30-31-13-4-2-5-14-31)33-17-12-18-38(25-33)53-45-22-11-9-20-40(45)42-27-35-23-36-28-44-41(39-19-8-10-21-43(39)51-44)26-34(36)24-37(35)29-46(42)53/h2-22,25-29,51H,1,23-24,30H2. The fourth-order valence-corrected chi connectivity index (χ4v) is 8.04. The van der Waals surface area contributed by atoms with Crippen molar-refractivity contribution in [3.63, 3.8) is 0 Å². The van der Waals surface area contributed by atoms with E-state index in [-0.39, 0.29) is 0 Å². The van der Waals surface area contributed by atoms with E-state index < -0.39 is 0 Å². The SMILES string of the molecule is C=NC(=NC(=NCc1ccccc1)c1cccc(-n2c3ccccc3c3cc4c(cc32)Cc2cc3c(cc2C4)[nH]c2ccccc23)c1)c1ccccc1. The molecule has 9 aromatic rings. The number of hydrogen-bond acceptors (Lipinski definition) is 1. The van der Waals surface area contributed by atoms with Crippen LogP contribution in [0.1, 0.15) is 38.9 Å². The van der Waals surface area contributed by atoms with E-state index in [0.717, 1.165) is 35.2 Å². The molecule has 2 heterocycles. The molecule has 0 amide bonds. The molecule has 0 spiro atoms. The molecule has 0 unspecified atom stereocenters. The molecule has 0 saturated carbocycles. The summed E-state index contributed by atoms with van der Waals surface area (Å²) in [5.41, 5.74) is 14.3. The molecule has 1 N–H and O–H groups in total. The summed E-state index contributed by atoms with van der Waals surface area (Å²) < 4.78 is 2.40. The van der Waals surface area contributed by atoms with Gasteiger partial charge in [-0.25, -0.2) is 9.98 Å². The van der Waals surface area contributed by atoms with Crippen LogP contribution in [0.3, 0.4) is 0 Å². The molecule has 10 rings (SSSR count). The van der Waals surface area contributed by atoms with E-state index in [9.17, 15) is 0 Å². The number of H-pyrrole nitrogens is 1. The van der Waals surface area contributed by atoms with Crippen molar-refractivity contribution in [2.75, 3.05) is 0 Å². The van der Waals surface area contributed by atoms with Crippen molar-refractivity contribution in [1.29, 1.82) is 0 Å². The number of hydrogen-bond donors (Lipinski definition) is 1. The molecule has 1 aliphatic rings.